The second-order valence-electron chi connectivity index (χ2n) is 8.16. The quantitative estimate of drug-likeness (QED) is 0.735. The fourth-order valence-electron chi connectivity index (χ4n) is 4.40. The van der Waals surface area contributed by atoms with Gasteiger partial charge in [0.15, 0.2) is 5.65 Å². The Morgan fingerprint density at radius 3 is 2.68 bits per heavy atom. The fraction of sp³-hybridized carbons (Fsp3) is 0.450. The number of halogens is 1. The Bertz CT molecular complexity index is 1130. The van der Waals surface area contributed by atoms with E-state index in [9.17, 15) is 4.79 Å². The van der Waals surface area contributed by atoms with Gasteiger partial charge in [-0.3, -0.25) is 9.78 Å². The van der Waals surface area contributed by atoms with E-state index in [0.717, 1.165) is 30.8 Å². The Labute approximate surface area is 166 Å². The minimum atomic E-state index is -0.185. The van der Waals surface area contributed by atoms with Crippen LogP contribution in [0.3, 0.4) is 0 Å². The number of fused-ring (bicyclic) bond motifs is 3. The summed E-state index contributed by atoms with van der Waals surface area (Å²) in [4.78, 5) is 22.3. The maximum Gasteiger partial charge on any atom is 0.263 e. The molecule has 0 amide bonds. The van der Waals surface area contributed by atoms with E-state index < -0.39 is 0 Å². The standard InChI is InChI=1S/C20H20ClN5O2/c1-10-4-12(11-2-3-11)5-16(21)17(10)26-9-15-18(24-26)22-20(23-19(15)27)25-7-13-6-14(8-25)28-13/h4-5,9,11,13-14H,2-3,6-8H2,1H3,(H,22,23,24,27). The van der Waals surface area contributed by atoms with Crippen LogP contribution in [0.4, 0.5) is 5.95 Å². The first-order valence-corrected chi connectivity index (χ1v) is 10.1. The number of hydrogen-bond acceptors (Lipinski definition) is 5. The van der Waals surface area contributed by atoms with Gasteiger partial charge in [-0.1, -0.05) is 17.7 Å². The zero-order valence-electron chi connectivity index (χ0n) is 15.5. The van der Waals surface area contributed by atoms with Crippen LogP contribution in [0, 0.1) is 6.92 Å². The molecular weight excluding hydrogens is 378 g/mol. The molecular formula is C20H20ClN5O2. The number of nitrogens with one attached hydrogen (secondary N) is 1. The van der Waals surface area contributed by atoms with Crippen LogP contribution in [0.15, 0.2) is 23.1 Å². The predicted molar refractivity (Wildman–Crippen MR) is 107 cm³/mol. The Balaban J connectivity index is 1.42. The second-order valence-corrected chi connectivity index (χ2v) is 8.57. The average Bonchev–Trinajstić information content (AvgIpc) is 3.41. The number of morpholine rings is 1. The van der Waals surface area contributed by atoms with Gasteiger partial charge < -0.3 is 9.64 Å². The van der Waals surface area contributed by atoms with Crippen LogP contribution in [-0.2, 0) is 4.74 Å². The van der Waals surface area contributed by atoms with Crippen LogP contribution >= 0.6 is 11.6 Å². The van der Waals surface area contributed by atoms with Gasteiger partial charge in [-0.15, -0.1) is 5.10 Å². The molecule has 144 valence electrons. The molecule has 1 saturated carbocycles. The van der Waals surface area contributed by atoms with Gasteiger partial charge in [-0.25, -0.2) is 4.68 Å². The van der Waals surface area contributed by atoms with Gasteiger partial charge in [0.05, 0.1) is 22.9 Å². The topological polar surface area (TPSA) is 76.0 Å². The number of rotatable bonds is 3. The molecule has 7 nitrogen and oxygen atoms in total. The van der Waals surface area contributed by atoms with E-state index in [1.807, 2.05) is 13.0 Å². The first kappa shape index (κ1) is 16.6. The number of piperidine rings is 1. The summed E-state index contributed by atoms with van der Waals surface area (Å²) in [5.74, 6) is 1.20. The third kappa shape index (κ3) is 2.57. The van der Waals surface area contributed by atoms with Crippen molar-refractivity contribution in [3.05, 3.63) is 44.8 Å². The molecule has 3 aliphatic heterocycles. The van der Waals surface area contributed by atoms with E-state index in [2.05, 4.69) is 26.0 Å². The zero-order chi connectivity index (χ0) is 19.0. The van der Waals surface area contributed by atoms with E-state index in [1.54, 1.807) is 10.9 Å². The van der Waals surface area contributed by atoms with Crippen molar-refractivity contribution in [1.82, 2.24) is 19.7 Å². The summed E-state index contributed by atoms with van der Waals surface area (Å²) in [6.45, 7) is 3.53. The van der Waals surface area contributed by atoms with E-state index in [4.69, 9.17) is 16.3 Å². The smallest absolute Gasteiger partial charge is 0.263 e. The Morgan fingerprint density at radius 1 is 1.25 bits per heavy atom. The number of aryl methyl sites for hydroxylation is 1. The second kappa shape index (κ2) is 5.81. The van der Waals surface area contributed by atoms with Crippen molar-refractivity contribution in [3.63, 3.8) is 0 Å². The van der Waals surface area contributed by atoms with Gasteiger partial charge in [-0.2, -0.15) is 4.98 Å². The summed E-state index contributed by atoms with van der Waals surface area (Å²) >= 11 is 6.59. The molecule has 1 aromatic carbocycles. The maximum absolute atomic E-state index is 12.7. The van der Waals surface area contributed by atoms with Gasteiger partial charge in [0.1, 0.15) is 5.39 Å². The van der Waals surface area contributed by atoms with Gasteiger partial charge in [0, 0.05) is 25.7 Å². The Morgan fingerprint density at radius 2 is 2.00 bits per heavy atom. The molecule has 0 radical (unpaired) electrons. The molecule has 2 aromatic heterocycles. The highest BCUT2D eigenvalue weighted by molar-refractivity contribution is 6.32. The number of H-pyrrole nitrogens is 1. The lowest BCUT2D eigenvalue weighted by Gasteiger charge is -2.47. The molecule has 2 atom stereocenters. The monoisotopic (exact) mass is 397 g/mol. The SMILES string of the molecule is Cc1cc(C2CC2)cc(Cl)c1-n1cc2c(=O)[nH]c(N3CC4CC(C3)O4)nc2n1. The summed E-state index contributed by atoms with van der Waals surface area (Å²) in [6.07, 6.45) is 5.74. The van der Waals surface area contributed by atoms with E-state index in [1.165, 1.54) is 18.4 Å². The van der Waals surface area contributed by atoms with Crippen molar-refractivity contribution in [2.75, 3.05) is 18.0 Å². The summed E-state index contributed by atoms with van der Waals surface area (Å²) in [5.41, 5.74) is 3.38. The first-order valence-electron chi connectivity index (χ1n) is 9.75. The summed E-state index contributed by atoms with van der Waals surface area (Å²) in [6, 6.07) is 4.20. The Hall–Kier alpha value is -2.38. The lowest BCUT2D eigenvalue weighted by Crippen LogP contribution is -2.57. The van der Waals surface area contributed by atoms with Crippen LogP contribution in [0.5, 0.6) is 0 Å². The summed E-state index contributed by atoms with van der Waals surface area (Å²) < 4.78 is 7.35. The van der Waals surface area contributed by atoms with Crippen molar-refractivity contribution >= 4 is 28.6 Å². The van der Waals surface area contributed by atoms with E-state index in [-0.39, 0.29) is 17.8 Å². The minimum Gasteiger partial charge on any atom is -0.371 e. The van der Waals surface area contributed by atoms with Gasteiger partial charge in [-0.05, 0) is 42.9 Å². The number of nitrogens with zero attached hydrogens (tertiary/aromatic N) is 4. The van der Waals surface area contributed by atoms with Crippen LogP contribution < -0.4 is 10.5 Å². The molecule has 2 bridgehead atoms. The number of benzene rings is 1. The van der Waals surface area contributed by atoms with E-state index in [0.29, 0.717) is 27.9 Å². The van der Waals surface area contributed by atoms with Crippen molar-refractivity contribution < 1.29 is 4.74 Å². The third-order valence-corrected chi connectivity index (χ3v) is 6.28. The van der Waals surface area contributed by atoms with Crippen molar-refractivity contribution in [2.24, 2.45) is 0 Å². The zero-order valence-corrected chi connectivity index (χ0v) is 16.2. The van der Waals surface area contributed by atoms with Gasteiger partial charge >= 0.3 is 0 Å². The molecule has 4 aliphatic rings. The summed E-state index contributed by atoms with van der Waals surface area (Å²) in [7, 11) is 0. The average molecular weight is 398 g/mol. The highest BCUT2D eigenvalue weighted by Crippen LogP contribution is 2.42. The molecule has 1 N–H and O–H groups in total. The Kier molecular flexibility index (Phi) is 3.44. The first-order chi connectivity index (χ1) is 13.5. The minimum absolute atomic E-state index is 0.185. The molecule has 2 unspecified atom stereocenters. The largest absolute Gasteiger partial charge is 0.371 e. The van der Waals surface area contributed by atoms with E-state index >= 15 is 0 Å². The lowest BCUT2D eigenvalue weighted by molar-refractivity contribution is -0.133. The predicted octanol–water partition coefficient (Wildman–Crippen LogP) is 2.93. The molecule has 4 fully saturated rings. The molecule has 3 aromatic rings. The van der Waals surface area contributed by atoms with Crippen molar-refractivity contribution in [1.29, 1.82) is 0 Å². The molecule has 8 heteroatoms. The van der Waals surface area contributed by atoms with Gasteiger partial charge in [0.25, 0.3) is 5.56 Å². The number of hydrogen-bond donors (Lipinski definition) is 1. The molecule has 1 aliphatic carbocycles. The lowest BCUT2D eigenvalue weighted by atomic mass is 9.99. The van der Waals surface area contributed by atoms with Crippen molar-refractivity contribution in [3.8, 4) is 5.69 Å². The van der Waals surface area contributed by atoms with Crippen LogP contribution in [-0.4, -0.2) is 45.0 Å². The highest BCUT2D eigenvalue weighted by Gasteiger charge is 2.39. The third-order valence-electron chi connectivity index (χ3n) is 5.99. The molecule has 3 saturated heterocycles. The molecule has 0 spiro atoms. The number of aromatic amines is 1. The number of ether oxygens (including phenoxy) is 1. The van der Waals surface area contributed by atoms with Crippen LogP contribution in [0.1, 0.15) is 36.3 Å². The fourth-order valence-corrected chi connectivity index (χ4v) is 4.76. The normalized spacial score (nSPS) is 23.9. The van der Waals surface area contributed by atoms with Crippen molar-refractivity contribution in [2.45, 2.75) is 44.3 Å². The number of aromatic nitrogens is 4. The number of anilines is 1. The van der Waals surface area contributed by atoms with Crippen LogP contribution in [0.25, 0.3) is 16.7 Å². The molecule has 7 rings (SSSR count). The maximum atomic E-state index is 12.7. The molecule has 28 heavy (non-hydrogen) atoms. The molecule has 5 heterocycles. The van der Waals surface area contributed by atoms with Crippen LogP contribution in [0.2, 0.25) is 5.02 Å². The highest BCUT2D eigenvalue weighted by atomic mass is 35.5. The van der Waals surface area contributed by atoms with Gasteiger partial charge in [0.2, 0.25) is 5.95 Å². The summed E-state index contributed by atoms with van der Waals surface area (Å²) in [5, 5.41) is 5.70.